The van der Waals surface area contributed by atoms with Crippen LogP contribution in [-0.2, 0) is 9.53 Å². The van der Waals surface area contributed by atoms with Crippen molar-refractivity contribution in [1.29, 1.82) is 0 Å². The Morgan fingerprint density at radius 2 is 2.24 bits per heavy atom. The van der Waals surface area contributed by atoms with Crippen molar-refractivity contribution >= 4 is 11.6 Å². The highest BCUT2D eigenvalue weighted by Gasteiger charge is 2.10. The summed E-state index contributed by atoms with van der Waals surface area (Å²) in [5, 5.41) is 5.84. The molecule has 0 bridgehead atoms. The van der Waals surface area contributed by atoms with Gasteiger partial charge in [0.05, 0.1) is 18.8 Å². The zero-order valence-corrected chi connectivity index (χ0v) is 12.2. The maximum atomic E-state index is 11.9. The molecule has 112 valence electrons. The summed E-state index contributed by atoms with van der Waals surface area (Å²) in [5.41, 5.74) is 0.650. The van der Waals surface area contributed by atoms with Gasteiger partial charge in [-0.25, -0.2) is 9.97 Å². The van der Waals surface area contributed by atoms with E-state index in [1.807, 2.05) is 23.8 Å². The Kier molecular flexibility index (Phi) is 5.42. The van der Waals surface area contributed by atoms with E-state index in [9.17, 15) is 4.79 Å². The Morgan fingerprint density at radius 3 is 2.95 bits per heavy atom. The molecule has 2 rings (SSSR count). The van der Waals surface area contributed by atoms with Gasteiger partial charge in [0, 0.05) is 32.2 Å². The third-order valence-corrected chi connectivity index (χ3v) is 2.88. The predicted molar refractivity (Wildman–Crippen MR) is 79.5 cm³/mol. The quantitative estimate of drug-likeness (QED) is 0.735. The van der Waals surface area contributed by atoms with Crippen LogP contribution in [0.3, 0.4) is 0 Å². The molecule has 0 atom stereocenters. The minimum Gasteiger partial charge on any atom is -0.383 e. The molecule has 0 saturated heterocycles. The van der Waals surface area contributed by atoms with Crippen molar-refractivity contribution < 1.29 is 9.53 Å². The Labute approximate surface area is 123 Å². The summed E-state index contributed by atoms with van der Waals surface area (Å²) in [4.78, 5) is 20.4. The summed E-state index contributed by atoms with van der Waals surface area (Å²) in [6, 6.07) is 3.60. The average Bonchev–Trinajstić information content (AvgIpc) is 2.90. The summed E-state index contributed by atoms with van der Waals surface area (Å²) in [5.74, 6) is 1.33. The number of nitrogens with one attached hydrogen (secondary N) is 2. The first-order chi connectivity index (χ1) is 10.2. The molecule has 0 saturated carbocycles. The molecule has 2 N–H and O–H groups in total. The molecule has 0 aliphatic carbocycles. The number of carbonyl (C=O) groups is 1. The number of aryl methyl sites for hydroxylation is 1. The Hall–Kier alpha value is -2.25. The van der Waals surface area contributed by atoms with E-state index in [2.05, 4.69) is 20.6 Å². The van der Waals surface area contributed by atoms with Gasteiger partial charge in [-0.3, -0.25) is 9.36 Å². The smallest absolute Gasteiger partial charge is 0.238 e. The second kappa shape index (κ2) is 7.51. The highest BCUT2D eigenvalue weighted by atomic mass is 16.5. The molecule has 0 aliphatic heterocycles. The monoisotopic (exact) mass is 289 g/mol. The number of ether oxygens (including phenoxy) is 1. The van der Waals surface area contributed by atoms with Gasteiger partial charge in [0.2, 0.25) is 5.91 Å². The van der Waals surface area contributed by atoms with Crippen LogP contribution in [0.5, 0.6) is 0 Å². The molecule has 0 unspecified atom stereocenters. The first-order valence-corrected chi connectivity index (χ1v) is 6.67. The maximum Gasteiger partial charge on any atom is 0.238 e. The molecule has 7 nitrogen and oxygen atoms in total. The molecule has 21 heavy (non-hydrogen) atoms. The molecule has 1 amide bonds. The van der Waals surface area contributed by atoms with E-state index in [1.54, 1.807) is 25.6 Å². The van der Waals surface area contributed by atoms with Crippen LogP contribution in [0.1, 0.15) is 5.82 Å². The van der Waals surface area contributed by atoms with Gasteiger partial charge in [0.25, 0.3) is 0 Å². The minimum absolute atomic E-state index is 0.127. The van der Waals surface area contributed by atoms with E-state index in [0.717, 1.165) is 5.82 Å². The standard InChI is InChI=1S/C14H19N5O2/c1-11-16-6-8-19(11)14-12(4-3-5-17-14)18-13(20)10-15-7-9-21-2/h3-6,8,15H,7,9-10H2,1-2H3,(H,18,20). The van der Waals surface area contributed by atoms with Crippen molar-refractivity contribution in [2.75, 3.05) is 32.1 Å². The highest BCUT2D eigenvalue weighted by molar-refractivity contribution is 5.93. The van der Waals surface area contributed by atoms with Gasteiger partial charge in [-0.1, -0.05) is 0 Å². The normalized spacial score (nSPS) is 10.6. The van der Waals surface area contributed by atoms with Crippen molar-refractivity contribution in [3.63, 3.8) is 0 Å². The van der Waals surface area contributed by atoms with Crippen LogP contribution in [0.4, 0.5) is 5.69 Å². The van der Waals surface area contributed by atoms with Crippen LogP contribution >= 0.6 is 0 Å². The summed E-state index contributed by atoms with van der Waals surface area (Å²) < 4.78 is 6.74. The van der Waals surface area contributed by atoms with E-state index < -0.39 is 0 Å². The fourth-order valence-corrected chi connectivity index (χ4v) is 1.86. The minimum atomic E-state index is -0.127. The molecule has 0 aliphatic rings. The zero-order chi connectivity index (χ0) is 15.1. The number of rotatable bonds is 7. The number of aromatic nitrogens is 3. The number of methoxy groups -OCH3 is 1. The Morgan fingerprint density at radius 1 is 1.38 bits per heavy atom. The largest absolute Gasteiger partial charge is 0.383 e. The second-order valence-corrected chi connectivity index (χ2v) is 4.44. The van der Waals surface area contributed by atoms with Gasteiger partial charge in [0.15, 0.2) is 5.82 Å². The highest BCUT2D eigenvalue weighted by Crippen LogP contribution is 2.18. The van der Waals surface area contributed by atoms with Gasteiger partial charge in [0.1, 0.15) is 5.82 Å². The summed E-state index contributed by atoms with van der Waals surface area (Å²) in [6.45, 7) is 3.30. The Bertz CT molecular complexity index is 597. The van der Waals surface area contributed by atoms with Gasteiger partial charge in [-0.15, -0.1) is 0 Å². The third-order valence-electron chi connectivity index (χ3n) is 2.88. The van der Waals surface area contributed by atoms with Gasteiger partial charge in [-0.05, 0) is 19.1 Å². The first kappa shape index (κ1) is 15.1. The number of nitrogens with zero attached hydrogens (tertiary/aromatic N) is 3. The predicted octanol–water partition coefficient (Wildman–Crippen LogP) is 0.750. The topological polar surface area (TPSA) is 81.1 Å². The fraction of sp³-hybridized carbons (Fsp3) is 0.357. The molecule has 7 heteroatoms. The third kappa shape index (κ3) is 4.11. The molecular weight excluding hydrogens is 270 g/mol. The molecule has 0 fully saturated rings. The van der Waals surface area contributed by atoms with Crippen LogP contribution in [0.15, 0.2) is 30.7 Å². The summed E-state index contributed by atoms with van der Waals surface area (Å²) >= 11 is 0. The zero-order valence-electron chi connectivity index (χ0n) is 12.2. The van der Waals surface area contributed by atoms with E-state index in [0.29, 0.717) is 24.7 Å². The molecular formula is C14H19N5O2. The number of imidazole rings is 1. The van der Waals surface area contributed by atoms with Gasteiger partial charge in [-0.2, -0.15) is 0 Å². The molecule has 2 aromatic heterocycles. The van der Waals surface area contributed by atoms with Crippen LogP contribution in [-0.4, -0.2) is 47.2 Å². The Balaban J connectivity index is 2.04. The van der Waals surface area contributed by atoms with Crippen LogP contribution in [0, 0.1) is 6.92 Å². The molecule has 0 aromatic carbocycles. The lowest BCUT2D eigenvalue weighted by Gasteiger charge is -2.12. The van der Waals surface area contributed by atoms with Crippen molar-refractivity contribution in [2.24, 2.45) is 0 Å². The van der Waals surface area contributed by atoms with Crippen molar-refractivity contribution in [2.45, 2.75) is 6.92 Å². The van der Waals surface area contributed by atoms with Crippen LogP contribution in [0.25, 0.3) is 5.82 Å². The lowest BCUT2D eigenvalue weighted by Crippen LogP contribution is -2.30. The molecule has 2 aromatic rings. The number of anilines is 1. The molecule has 2 heterocycles. The van der Waals surface area contributed by atoms with Gasteiger partial charge < -0.3 is 15.4 Å². The number of pyridine rings is 1. The number of hydrogen-bond acceptors (Lipinski definition) is 5. The number of carbonyl (C=O) groups excluding carboxylic acids is 1. The SMILES string of the molecule is COCCNCC(=O)Nc1cccnc1-n1ccnc1C. The van der Waals surface area contributed by atoms with Gasteiger partial charge >= 0.3 is 0 Å². The first-order valence-electron chi connectivity index (χ1n) is 6.67. The van der Waals surface area contributed by atoms with Crippen molar-refractivity contribution in [3.8, 4) is 5.82 Å². The van der Waals surface area contributed by atoms with Crippen molar-refractivity contribution in [1.82, 2.24) is 19.9 Å². The lowest BCUT2D eigenvalue weighted by molar-refractivity contribution is -0.115. The summed E-state index contributed by atoms with van der Waals surface area (Å²) in [7, 11) is 1.62. The number of amides is 1. The van der Waals surface area contributed by atoms with Crippen LogP contribution < -0.4 is 10.6 Å². The van der Waals surface area contributed by atoms with E-state index in [-0.39, 0.29) is 12.5 Å². The van der Waals surface area contributed by atoms with E-state index in [4.69, 9.17) is 4.74 Å². The maximum absolute atomic E-state index is 11.9. The van der Waals surface area contributed by atoms with Crippen LogP contribution in [0.2, 0.25) is 0 Å². The van der Waals surface area contributed by atoms with Crippen molar-refractivity contribution in [3.05, 3.63) is 36.5 Å². The lowest BCUT2D eigenvalue weighted by atomic mass is 10.3. The average molecular weight is 289 g/mol. The number of hydrogen-bond donors (Lipinski definition) is 2. The second-order valence-electron chi connectivity index (χ2n) is 4.44. The summed E-state index contributed by atoms with van der Waals surface area (Å²) in [6.07, 6.45) is 5.19. The van der Waals surface area contributed by atoms with E-state index in [1.165, 1.54) is 0 Å². The molecule has 0 radical (unpaired) electrons. The molecule has 0 spiro atoms. The van der Waals surface area contributed by atoms with E-state index >= 15 is 0 Å². The fourth-order valence-electron chi connectivity index (χ4n) is 1.86.